The van der Waals surface area contributed by atoms with Crippen LogP contribution in [0.15, 0.2) is 42.5 Å². The SMILES string of the molecule is CCOC(=O)c1cccc(C2CCCCN2[C@@H]2CC[C@@](C(=O)N3COc4ccc(C(F)(F)F)cc4C3)(C(C)C)C2)c1. The Balaban J connectivity index is 1.36. The third-order valence-corrected chi connectivity index (χ3v) is 9.26. The Bertz CT molecular complexity index is 1280. The molecule has 0 bridgehead atoms. The maximum absolute atomic E-state index is 14.2. The standard InChI is InChI=1S/C32H39F3N2O4/c1-4-40-29(38)23-9-7-8-22(16-23)27-10-5-6-15-37(27)26-13-14-31(18-26,21(2)3)30(39)36-19-24-17-25(32(33,34)35)11-12-28(24)41-20-36/h7-9,11-12,16-17,21,26-27H,4-6,10,13-15,18-20H2,1-3H3/t26-,27?,31+/m1/s1. The Morgan fingerprint density at radius 2 is 1.93 bits per heavy atom. The summed E-state index contributed by atoms with van der Waals surface area (Å²) in [7, 11) is 0. The first-order chi connectivity index (χ1) is 19.5. The summed E-state index contributed by atoms with van der Waals surface area (Å²) in [5.74, 6) is 0.0787. The predicted molar refractivity (Wildman–Crippen MR) is 148 cm³/mol. The first-order valence-corrected chi connectivity index (χ1v) is 14.7. The van der Waals surface area contributed by atoms with Crippen LogP contribution in [-0.2, 0) is 22.3 Å². The lowest BCUT2D eigenvalue weighted by atomic mass is 9.74. The maximum atomic E-state index is 14.2. The molecule has 41 heavy (non-hydrogen) atoms. The summed E-state index contributed by atoms with van der Waals surface area (Å²) in [6.45, 7) is 7.30. The molecule has 2 fully saturated rings. The molecular formula is C32H39F3N2O4. The lowest BCUT2D eigenvalue weighted by Crippen LogP contribution is -2.49. The number of rotatable bonds is 6. The van der Waals surface area contributed by atoms with E-state index in [1.54, 1.807) is 17.9 Å². The summed E-state index contributed by atoms with van der Waals surface area (Å²) in [4.78, 5) is 30.7. The third kappa shape index (κ3) is 5.83. The number of alkyl halides is 3. The molecule has 0 N–H and O–H groups in total. The van der Waals surface area contributed by atoms with Gasteiger partial charge in [-0.3, -0.25) is 9.69 Å². The van der Waals surface area contributed by atoms with Gasteiger partial charge in [0.2, 0.25) is 5.91 Å². The van der Waals surface area contributed by atoms with E-state index in [1.807, 2.05) is 12.1 Å². The largest absolute Gasteiger partial charge is 0.473 e. The lowest BCUT2D eigenvalue weighted by molar-refractivity contribution is -0.150. The fraction of sp³-hybridized carbons (Fsp3) is 0.562. The molecule has 2 aromatic carbocycles. The van der Waals surface area contributed by atoms with Crippen molar-refractivity contribution in [3.63, 3.8) is 0 Å². The van der Waals surface area contributed by atoms with Crippen molar-refractivity contribution < 1.29 is 32.2 Å². The van der Waals surface area contributed by atoms with E-state index in [2.05, 4.69) is 24.8 Å². The summed E-state index contributed by atoms with van der Waals surface area (Å²) < 4.78 is 51.0. The van der Waals surface area contributed by atoms with Crippen LogP contribution in [-0.4, -0.2) is 47.6 Å². The molecule has 5 rings (SSSR count). The molecule has 3 aliphatic rings. The molecule has 6 nitrogen and oxygen atoms in total. The Labute approximate surface area is 239 Å². The molecule has 1 unspecified atom stereocenters. The van der Waals surface area contributed by atoms with Crippen molar-refractivity contribution in [3.05, 3.63) is 64.7 Å². The van der Waals surface area contributed by atoms with Crippen molar-refractivity contribution in [1.29, 1.82) is 0 Å². The fourth-order valence-corrected chi connectivity index (χ4v) is 7.00. The number of ether oxygens (including phenoxy) is 2. The van der Waals surface area contributed by atoms with E-state index in [-0.39, 0.29) is 43.2 Å². The van der Waals surface area contributed by atoms with Gasteiger partial charge in [0.1, 0.15) is 5.75 Å². The molecule has 9 heteroatoms. The van der Waals surface area contributed by atoms with Gasteiger partial charge in [-0.25, -0.2) is 4.79 Å². The van der Waals surface area contributed by atoms with Crippen LogP contribution < -0.4 is 4.74 Å². The minimum Gasteiger partial charge on any atom is -0.473 e. The van der Waals surface area contributed by atoms with Gasteiger partial charge in [0.25, 0.3) is 0 Å². The molecule has 1 amide bonds. The number of hydrogen-bond donors (Lipinski definition) is 0. The number of esters is 1. The van der Waals surface area contributed by atoms with Crippen molar-refractivity contribution in [1.82, 2.24) is 9.80 Å². The smallest absolute Gasteiger partial charge is 0.416 e. The number of amides is 1. The van der Waals surface area contributed by atoms with Crippen LogP contribution in [0.2, 0.25) is 0 Å². The average molecular weight is 573 g/mol. The Morgan fingerprint density at radius 1 is 1.12 bits per heavy atom. The van der Waals surface area contributed by atoms with Crippen LogP contribution in [0.3, 0.4) is 0 Å². The Morgan fingerprint density at radius 3 is 2.66 bits per heavy atom. The molecule has 2 aromatic rings. The summed E-state index contributed by atoms with van der Waals surface area (Å²) in [6.07, 6.45) is 0.947. The van der Waals surface area contributed by atoms with Crippen LogP contribution in [0.1, 0.15) is 92.4 Å². The van der Waals surface area contributed by atoms with E-state index in [9.17, 15) is 22.8 Å². The molecule has 0 radical (unpaired) electrons. The second-order valence-corrected chi connectivity index (χ2v) is 11.9. The highest BCUT2D eigenvalue weighted by Crippen LogP contribution is 2.50. The summed E-state index contributed by atoms with van der Waals surface area (Å²) in [5.41, 5.74) is 0.654. The molecule has 1 aliphatic carbocycles. The van der Waals surface area contributed by atoms with Gasteiger partial charge >= 0.3 is 12.1 Å². The predicted octanol–water partition coefficient (Wildman–Crippen LogP) is 6.98. The second kappa shape index (κ2) is 11.7. The summed E-state index contributed by atoms with van der Waals surface area (Å²) >= 11 is 0. The van der Waals surface area contributed by atoms with Gasteiger partial charge in [-0.05, 0) is 87.4 Å². The molecule has 2 heterocycles. The normalized spacial score (nSPS) is 25.1. The Hall–Kier alpha value is -3.07. The van der Waals surface area contributed by atoms with E-state index in [4.69, 9.17) is 9.47 Å². The molecular weight excluding hydrogens is 533 g/mol. The summed E-state index contributed by atoms with van der Waals surface area (Å²) in [5, 5.41) is 0. The number of likely N-dealkylation sites (tertiary alicyclic amines) is 1. The monoisotopic (exact) mass is 572 g/mol. The average Bonchev–Trinajstić information content (AvgIpc) is 3.43. The quantitative estimate of drug-likeness (QED) is 0.350. The highest BCUT2D eigenvalue weighted by atomic mass is 19.4. The van der Waals surface area contributed by atoms with Gasteiger partial charge in [-0.1, -0.05) is 32.4 Å². The van der Waals surface area contributed by atoms with Gasteiger partial charge in [0, 0.05) is 17.6 Å². The maximum Gasteiger partial charge on any atom is 0.416 e. The molecule has 1 saturated carbocycles. The lowest BCUT2D eigenvalue weighted by Gasteiger charge is -2.43. The third-order valence-electron chi connectivity index (χ3n) is 9.26. The second-order valence-electron chi connectivity index (χ2n) is 11.9. The first kappa shape index (κ1) is 29.4. The fourth-order valence-electron chi connectivity index (χ4n) is 7.00. The zero-order chi connectivity index (χ0) is 29.4. The zero-order valence-corrected chi connectivity index (χ0v) is 24.0. The van der Waals surface area contributed by atoms with Gasteiger partial charge in [-0.2, -0.15) is 13.2 Å². The van der Waals surface area contributed by atoms with E-state index in [0.29, 0.717) is 36.3 Å². The van der Waals surface area contributed by atoms with E-state index < -0.39 is 17.2 Å². The number of piperidine rings is 1. The van der Waals surface area contributed by atoms with Crippen molar-refractivity contribution in [2.75, 3.05) is 19.9 Å². The van der Waals surface area contributed by atoms with E-state index in [1.165, 1.54) is 6.07 Å². The number of carbonyl (C=O) groups is 2. The van der Waals surface area contributed by atoms with Crippen LogP contribution in [0, 0.1) is 11.3 Å². The number of benzene rings is 2. The van der Waals surface area contributed by atoms with Crippen LogP contribution in [0.5, 0.6) is 5.75 Å². The molecule has 0 spiro atoms. The van der Waals surface area contributed by atoms with Gasteiger partial charge in [0.15, 0.2) is 6.73 Å². The molecule has 222 valence electrons. The van der Waals surface area contributed by atoms with Crippen LogP contribution in [0.4, 0.5) is 13.2 Å². The van der Waals surface area contributed by atoms with Gasteiger partial charge < -0.3 is 14.4 Å². The van der Waals surface area contributed by atoms with Gasteiger partial charge in [-0.15, -0.1) is 0 Å². The molecule has 1 saturated heterocycles. The van der Waals surface area contributed by atoms with E-state index >= 15 is 0 Å². The molecule has 0 aromatic heterocycles. The van der Waals surface area contributed by atoms with E-state index in [0.717, 1.165) is 49.9 Å². The first-order valence-electron chi connectivity index (χ1n) is 14.7. The van der Waals surface area contributed by atoms with Crippen LogP contribution in [0.25, 0.3) is 0 Å². The zero-order valence-electron chi connectivity index (χ0n) is 24.0. The highest BCUT2D eigenvalue weighted by molar-refractivity contribution is 5.89. The number of nitrogens with zero attached hydrogens (tertiary/aromatic N) is 2. The van der Waals surface area contributed by atoms with Crippen molar-refractivity contribution in [3.8, 4) is 5.75 Å². The van der Waals surface area contributed by atoms with Crippen molar-refractivity contribution in [2.45, 2.75) is 84.1 Å². The van der Waals surface area contributed by atoms with Crippen molar-refractivity contribution >= 4 is 11.9 Å². The number of carbonyl (C=O) groups excluding carboxylic acids is 2. The summed E-state index contributed by atoms with van der Waals surface area (Å²) in [6, 6.07) is 11.5. The number of hydrogen-bond acceptors (Lipinski definition) is 5. The number of fused-ring (bicyclic) bond motifs is 1. The number of halogens is 3. The van der Waals surface area contributed by atoms with Gasteiger partial charge in [0.05, 0.1) is 29.7 Å². The van der Waals surface area contributed by atoms with Crippen LogP contribution >= 0.6 is 0 Å². The minimum atomic E-state index is -4.46. The molecule has 3 atom stereocenters. The Kier molecular flexibility index (Phi) is 8.37. The van der Waals surface area contributed by atoms with Crippen molar-refractivity contribution in [2.24, 2.45) is 11.3 Å². The topological polar surface area (TPSA) is 59.1 Å². The minimum absolute atomic E-state index is 0.0311. The molecule has 2 aliphatic heterocycles. The highest BCUT2D eigenvalue weighted by Gasteiger charge is 2.52.